The van der Waals surface area contributed by atoms with Gasteiger partial charge in [-0.2, -0.15) is 0 Å². The van der Waals surface area contributed by atoms with Crippen molar-refractivity contribution in [3.05, 3.63) is 48.3 Å². The predicted molar refractivity (Wildman–Crippen MR) is 82.6 cm³/mol. The first-order chi connectivity index (χ1) is 10.3. The van der Waals surface area contributed by atoms with Gasteiger partial charge in [-0.25, -0.2) is 4.98 Å². The summed E-state index contributed by atoms with van der Waals surface area (Å²) in [6.07, 6.45) is 8.19. The van der Waals surface area contributed by atoms with Crippen molar-refractivity contribution in [1.82, 2.24) is 24.8 Å². The lowest BCUT2D eigenvalue weighted by molar-refractivity contribution is 0.188. The van der Waals surface area contributed by atoms with Gasteiger partial charge in [-0.3, -0.25) is 9.88 Å². The molecule has 5 heteroatoms. The molecule has 0 aromatic carbocycles. The largest absolute Gasteiger partial charge is 0.340 e. The molecule has 0 saturated carbocycles. The Balaban J connectivity index is 1.40. The van der Waals surface area contributed by atoms with Crippen LogP contribution in [0.25, 0.3) is 0 Å². The number of likely N-dealkylation sites (tertiary alicyclic amines) is 1. The molecule has 5 nitrogen and oxygen atoms in total. The molecular formula is C16H23N5. The Morgan fingerprint density at radius 1 is 1.19 bits per heavy atom. The molecule has 1 aliphatic heterocycles. The van der Waals surface area contributed by atoms with E-state index in [1.54, 1.807) is 0 Å². The number of nitrogens with zero attached hydrogens (tertiary/aromatic N) is 4. The Kier molecular flexibility index (Phi) is 4.62. The molecular weight excluding hydrogens is 262 g/mol. The second-order valence-electron chi connectivity index (χ2n) is 5.78. The summed E-state index contributed by atoms with van der Waals surface area (Å²) in [5.74, 6) is 0. The standard InChI is InChI=1S/C16H23N5/c1-20-11-16(19-13-20)10-18-14-5-8-21(9-6-14)12-15-4-2-3-7-17-15/h2-4,7,11,13-14,18H,5-6,8-10,12H2,1H3. The van der Waals surface area contributed by atoms with Gasteiger partial charge >= 0.3 is 0 Å². The van der Waals surface area contributed by atoms with E-state index in [0.29, 0.717) is 6.04 Å². The van der Waals surface area contributed by atoms with Crippen LogP contribution >= 0.6 is 0 Å². The fourth-order valence-corrected chi connectivity index (χ4v) is 2.82. The summed E-state index contributed by atoms with van der Waals surface area (Å²) < 4.78 is 1.99. The highest BCUT2D eigenvalue weighted by molar-refractivity contribution is 5.03. The van der Waals surface area contributed by atoms with E-state index in [0.717, 1.165) is 37.6 Å². The van der Waals surface area contributed by atoms with Gasteiger partial charge in [0, 0.05) is 51.7 Å². The zero-order valence-electron chi connectivity index (χ0n) is 12.6. The maximum Gasteiger partial charge on any atom is 0.0947 e. The van der Waals surface area contributed by atoms with E-state index in [4.69, 9.17) is 0 Å². The normalized spacial score (nSPS) is 17.2. The van der Waals surface area contributed by atoms with Crippen molar-refractivity contribution in [2.24, 2.45) is 7.05 Å². The van der Waals surface area contributed by atoms with Crippen LogP contribution in [-0.2, 0) is 20.1 Å². The SMILES string of the molecule is Cn1cnc(CNC2CCN(Cc3ccccn3)CC2)c1. The smallest absolute Gasteiger partial charge is 0.0947 e. The molecule has 21 heavy (non-hydrogen) atoms. The van der Waals surface area contributed by atoms with Gasteiger partial charge in [-0.15, -0.1) is 0 Å². The monoisotopic (exact) mass is 285 g/mol. The minimum absolute atomic E-state index is 0.604. The van der Waals surface area contributed by atoms with Crippen molar-refractivity contribution in [1.29, 1.82) is 0 Å². The fourth-order valence-electron chi connectivity index (χ4n) is 2.82. The number of hydrogen-bond donors (Lipinski definition) is 1. The van der Waals surface area contributed by atoms with Crippen LogP contribution in [0.4, 0.5) is 0 Å². The fraction of sp³-hybridized carbons (Fsp3) is 0.500. The van der Waals surface area contributed by atoms with E-state index in [2.05, 4.69) is 38.5 Å². The number of aromatic nitrogens is 3. The van der Waals surface area contributed by atoms with Gasteiger partial charge in [0.1, 0.15) is 0 Å². The average Bonchev–Trinajstić information content (AvgIpc) is 2.93. The third kappa shape index (κ3) is 4.12. The molecule has 1 aliphatic rings. The zero-order valence-corrected chi connectivity index (χ0v) is 12.6. The summed E-state index contributed by atoms with van der Waals surface area (Å²) in [5.41, 5.74) is 2.28. The summed E-state index contributed by atoms with van der Waals surface area (Å²) in [6.45, 7) is 4.10. The number of aryl methyl sites for hydroxylation is 1. The number of piperidine rings is 1. The molecule has 0 amide bonds. The molecule has 3 rings (SSSR count). The molecule has 2 aromatic heterocycles. The maximum absolute atomic E-state index is 4.40. The molecule has 1 fully saturated rings. The number of rotatable bonds is 5. The Morgan fingerprint density at radius 3 is 2.71 bits per heavy atom. The maximum atomic E-state index is 4.40. The lowest BCUT2D eigenvalue weighted by atomic mass is 10.0. The van der Waals surface area contributed by atoms with Crippen LogP contribution in [0.1, 0.15) is 24.2 Å². The van der Waals surface area contributed by atoms with Gasteiger partial charge in [-0.1, -0.05) is 6.07 Å². The van der Waals surface area contributed by atoms with Crippen molar-refractivity contribution >= 4 is 0 Å². The first kappa shape index (κ1) is 14.2. The Hall–Kier alpha value is -1.72. The number of hydrogen-bond acceptors (Lipinski definition) is 4. The van der Waals surface area contributed by atoms with Gasteiger partial charge in [0.2, 0.25) is 0 Å². The van der Waals surface area contributed by atoms with E-state index < -0.39 is 0 Å². The quantitative estimate of drug-likeness (QED) is 0.906. The lowest BCUT2D eigenvalue weighted by Crippen LogP contribution is -2.42. The van der Waals surface area contributed by atoms with Crippen LogP contribution in [0.3, 0.4) is 0 Å². The Bertz CT molecular complexity index is 543. The van der Waals surface area contributed by atoms with E-state index in [1.807, 2.05) is 30.2 Å². The predicted octanol–water partition coefficient (Wildman–Crippen LogP) is 1.57. The van der Waals surface area contributed by atoms with E-state index in [1.165, 1.54) is 12.8 Å². The highest BCUT2D eigenvalue weighted by Crippen LogP contribution is 2.13. The second kappa shape index (κ2) is 6.83. The van der Waals surface area contributed by atoms with Gasteiger partial charge < -0.3 is 9.88 Å². The van der Waals surface area contributed by atoms with Gasteiger partial charge in [0.25, 0.3) is 0 Å². The Labute approximate surface area is 126 Å². The first-order valence-corrected chi connectivity index (χ1v) is 7.62. The molecule has 0 aliphatic carbocycles. The van der Waals surface area contributed by atoms with Gasteiger partial charge in [0.15, 0.2) is 0 Å². The molecule has 1 N–H and O–H groups in total. The number of imidazole rings is 1. The molecule has 112 valence electrons. The summed E-state index contributed by atoms with van der Waals surface area (Å²) in [4.78, 5) is 11.2. The van der Waals surface area contributed by atoms with Crippen molar-refractivity contribution in [2.75, 3.05) is 13.1 Å². The highest BCUT2D eigenvalue weighted by Gasteiger charge is 2.19. The highest BCUT2D eigenvalue weighted by atomic mass is 15.1. The van der Waals surface area contributed by atoms with Gasteiger partial charge in [0.05, 0.1) is 17.7 Å². The molecule has 1 saturated heterocycles. The molecule has 0 atom stereocenters. The van der Waals surface area contributed by atoms with Crippen molar-refractivity contribution in [3.8, 4) is 0 Å². The van der Waals surface area contributed by atoms with E-state index >= 15 is 0 Å². The summed E-state index contributed by atoms with van der Waals surface area (Å²) in [5, 5.41) is 3.62. The van der Waals surface area contributed by atoms with Crippen LogP contribution in [0.15, 0.2) is 36.9 Å². The van der Waals surface area contributed by atoms with Crippen LogP contribution in [0, 0.1) is 0 Å². The zero-order chi connectivity index (χ0) is 14.5. The van der Waals surface area contributed by atoms with Crippen LogP contribution in [0.2, 0.25) is 0 Å². The van der Waals surface area contributed by atoms with Crippen LogP contribution < -0.4 is 5.32 Å². The topological polar surface area (TPSA) is 46.0 Å². The van der Waals surface area contributed by atoms with E-state index in [9.17, 15) is 0 Å². The Morgan fingerprint density at radius 2 is 2.05 bits per heavy atom. The number of pyridine rings is 1. The molecule has 0 bridgehead atoms. The minimum atomic E-state index is 0.604. The molecule has 0 radical (unpaired) electrons. The van der Waals surface area contributed by atoms with Crippen molar-refractivity contribution in [3.63, 3.8) is 0 Å². The average molecular weight is 285 g/mol. The second-order valence-corrected chi connectivity index (χ2v) is 5.78. The van der Waals surface area contributed by atoms with Crippen LogP contribution in [-0.4, -0.2) is 38.6 Å². The van der Waals surface area contributed by atoms with Gasteiger partial charge in [-0.05, 0) is 25.0 Å². The molecule has 2 aromatic rings. The third-order valence-corrected chi connectivity index (χ3v) is 4.03. The lowest BCUT2D eigenvalue weighted by Gasteiger charge is -2.32. The van der Waals surface area contributed by atoms with E-state index in [-0.39, 0.29) is 0 Å². The van der Waals surface area contributed by atoms with Crippen molar-refractivity contribution in [2.45, 2.75) is 32.0 Å². The summed E-state index contributed by atoms with van der Waals surface area (Å²) >= 11 is 0. The number of nitrogens with one attached hydrogen (secondary N) is 1. The van der Waals surface area contributed by atoms with Crippen molar-refractivity contribution < 1.29 is 0 Å². The first-order valence-electron chi connectivity index (χ1n) is 7.62. The molecule has 3 heterocycles. The minimum Gasteiger partial charge on any atom is -0.340 e. The van der Waals surface area contributed by atoms with Crippen LogP contribution in [0.5, 0.6) is 0 Å². The summed E-state index contributed by atoms with van der Waals surface area (Å²) in [6, 6.07) is 6.73. The third-order valence-electron chi connectivity index (χ3n) is 4.03. The summed E-state index contributed by atoms with van der Waals surface area (Å²) in [7, 11) is 2.01. The molecule has 0 spiro atoms. The molecule has 0 unspecified atom stereocenters.